The number of hydrogen-bond acceptors (Lipinski definition) is 6. The highest BCUT2D eigenvalue weighted by atomic mass is 15.3. The second-order valence-electron chi connectivity index (χ2n) is 6.84. The fraction of sp³-hybridized carbons (Fsp3) is 0.286. The Kier molecular flexibility index (Phi) is 4.86. The molecule has 0 radical (unpaired) electrons. The van der Waals surface area contributed by atoms with E-state index in [0.717, 1.165) is 54.2 Å². The molecule has 0 amide bonds. The first kappa shape index (κ1) is 17.3. The van der Waals surface area contributed by atoms with E-state index in [1.54, 1.807) is 6.20 Å². The van der Waals surface area contributed by atoms with Crippen molar-refractivity contribution in [3.05, 3.63) is 59.9 Å². The van der Waals surface area contributed by atoms with E-state index in [1.165, 1.54) is 0 Å². The molecule has 136 valence electrons. The number of nitrogens with zero attached hydrogens (tertiary/aromatic N) is 5. The number of hydrogen-bond donors (Lipinski definition) is 1. The van der Waals surface area contributed by atoms with Gasteiger partial charge in [-0.05, 0) is 24.7 Å². The minimum Gasteiger partial charge on any atom is -0.379 e. The Morgan fingerprint density at radius 1 is 1.04 bits per heavy atom. The van der Waals surface area contributed by atoms with Gasteiger partial charge in [-0.15, -0.1) is 0 Å². The first-order valence-corrected chi connectivity index (χ1v) is 9.15. The third kappa shape index (κ3) is 3.69. The molecule has 1 fully saturated rings. The van der Waals surface area contributed by atoms with Crippen LogP contribution in [0.1, 0.15) is 11.1 Å². The molecule has 3 aromatic rings. The Morgan fingerprint density at radius 3 is 2.59 bits per heavy atom. The lowest BCUT2D eigenvalue weighted by Crippen LogP contribution is -2.44. The molecule has 6 heteroatoms. The zero-order valence-electron chi connectivity index (χ0n) is 15.4. The minimum atomic E-state index is 0.552. The third-order valence-electron chi connectivity index (χ3n) is 5.00. The average Bonchev–Trinajstić information content (AvgIpc) is 2.73. The van der Waals surface area contributed by atoms with Crippen LogP contribution in [0.3, 0.4) is 0 Å². The zero-order chi connectivity index (χ0) is 18.6. The molecular weight excluding hydrogens is 336 g/mol. The molecule has 0 aliphatic carbocycles. The van der Waals surface area contributed by atoms with Crippen LogP contribution in [-0.4, -0.2) is 48.1 Å². The van der Waals surface area contributed by atoms with Crippen molar-refractivity contribution in [2.75, 3.05) is 43.4 Å². The second-order valence-corrected chi connectivity index (χ2v) is 6.84. The molecule has 1 aliphatic rings. The molecule has 1 N–H and O–H groups in total. The molecule has 1 aliphatic heterocycles. The van der Waals surface area contributed by atoms with Gasteiger partial charge in [-0.3, -0.25) is 4.98 Å². The van der Waals surface area contributed by atoms with Crippen LogP contribution in [0.15, 0.2) is 48.8 Å². The highest BCUT2D eigenvalue weighted by Crippen LogP contribution is 2.26. The number of piperazine rings is 1. The summed E-state index contributed by atoms with van der Waals surface area (Å²) in [6, 6.07) is 14.3. The molecule has 3 heterocycles. The predicted molar refractivity (Wildman–Crippen MR) is 108 cm³/mol. The third-order valence-corrected chi connectivity index (χ3v) is 5.00. The maximum absolute atomic E-state index is 9.42. The molecule has 0 unspecified atom stereocenters. The molecule has 0 saturated carbocycles. The Labute approximate surface area is 159 Å². The van der Waals surface area contributed by atoms with Gasteiger partial charge in [0.15, 0.2) is 0 Å². The molecular formula is C21H22N6. The lowest BCUT2D eigenvalue weighted by Gasteiger charge is -2.33. The average molecular weight is 358 g/mol. The SMILES string of the molecule is CN1CCN(c2ccc(CNc3c(C#N)cnc4ccccc34)cn2)CC1. The number of benzene rings is 1. The van der Waals surface area contributed by atoms with Gasteiger partial charge in [-0.2, -0.15) is 5.26 Å². The van der Waals surface area contributed by atoms with E-state index in [-0.39, 0.29) is 0 Å². The number of pyridine rings is 2. The first-order valence-electron chi connectivity index (χ1n) is 9.15. The van der Waals surface area contributed by atoms with E-state index in [9.17, 15) is 5.26 Å². The summed E-state index contributed by atoms with van der Waals surface area (Å²) in [5.74, 6) is 1.03. The minimum absolute atomic E-state index is 0.552. The summed E-state index contributed by atoms with van der Waals surface area (Å²) >= 11 is 0. The summed E-state index contributed by atoms with van der Waals surface area (Å²) in [5, 5.41) is 13.8. The van der Waals surface area contributed by atoms with E-state index in [1.807, 2.05) is 30.5 Å². The standard InChI is InChI=1S/C21H22N6/c1-26-8-10-27(11-9-26)20-7-6-16(13-24-20)14-25-21-17(12-22)15-23-19-5-3-2-4-18(19)21/h2-7,13,15H,8-11,14H2,1H3,(H,23,25). The van der Waals surface area contributed by atoms with E-state index in [0.29, 0.717) is 12.1 Å². The summed E-state index contributed by atoms with van der Waals surface area (Å²) in [5.41, 5.74) is 3.34. The van der Waals surface area contributed by atoms with Crippen LogP contribution in [0.25, 0.3) is 10.9 Å². The predicted octanol–water partition coefficient (Wildman–Crippen LogP) is 2.87. The van der Waals surface area contributed by atoms with Crippen molar-refractivity contribution < 1.29 is 0 Å². The molecule has 4 rings (SSSR count). The number of nitrogens with one attached hydrogen (secondary N) is 1. The number of fused-ring (bicyclic) bond motifs is 1. The first-order chi connectivity index (χ1) is 13.2. The Balaban J connectivity index is 1.49. The van der Waals surface area contributed by atoms with Gasteiger partial charge in [0, 0.05) is 50.5 Å². The largest absolute Gasteiger partial charge is 0.379 e. The number of anilines is 2. The van der Waals surface area contributed by atoms with Gasteiger partial charge in [0.25, 0.3) is 0 Å². The fourth-order valence-corrected chi connectivity index (χ4v) is 3.35. The smallest absolute Gasteiger partial charge is 0.128 e. The number of likely N-dealkylation sites (N-methyl/N-ethyl adjacent to an activating group) is 1. The summed E-state index contributed by atoms with van der Waals surface area (Å²) in [7, 11) is 2.15. The van der Waals surface area contributed by atoms with Gasteiger partial charge in [-0.1, -0.05) is 24.3 Å². The van der Waals surface area contributed by atoms with Crippen molar-refractivity contribution in [1.29, 1.82) is 5.26 Å². The monoisotopic (exact) mass is 358 g/mol. The number of aromatic nitrogens is 2. The van der Waals surface area contributed by atoms with Crippen LogP contribution in [0.5, 0.6) is 0 Å². The van der Waals surface area contributed by atoms with Crippen LogP contribution >= 0.6 is 0 Å². The Morgan fingerprint density at radius 2 is 1.85 bits per heavy atom. The highest BCUT2D eigenvalue weighted by Gasteiger charge is 2.15. The van der Waals surface area contributed by atoms with Crippen LogP contribution in [0, 0.1) is 11.3 Å². The van der Waals surface area contributed by atoms with Gasteiger partial charge in [-0.25, -0.2) is 4.98 Å². The van der Waals surface area contributed by atoms with Gasteiger partial charge < -0.3 is 15.1 Å². The summed E-state index contributed by atoms with van der Waals surface area (Å²) < 4.78 is 0. The molecule has 0 bridgehead atoms. The van der Waals surface area contributed by atoms with Gasteiger partial charge in [0.05, 0.1) is 16.8 Å². The van der Waals surface area contributed by atoms with Gasteiger partial charge in [0.1, 0.15) is 11.9 Å². The van der Waals surface area contributed by atoms with Gasteiger partial charge >= 0.3 is 0 Å². The van der Waals surface area contributed by atoms with Crippen molar-refractivity contribution >= 4 is 22.4 Å². The maximum atomic E-state index is 9.42. The normalized spacial score (nSPS) is 14.9. The second kappa shape index (κ2) is 7.60. The van der Waals surface area contributed by atoms with E-state index >= 15 is 0 Å². The fourth-order valence-electron chi connectivity index (χ4n) is 3.35. The quantitative estimate of drug-likeness (QED) is 0.773. The van der Waals surface area contributed by atoms with E-state index in [4.69, 9.17) is 0 Å². The highest BCUT2D eigenvalue weighted by molar-refractivity contribution is 5.93. The number of para-hydroxylation sites is 1. The topological polar surface area (TPSA) is 68.1 Å². The van der Waals surface area contributed by atoms with Crippen molar-refractivity contribution in [3.63, 3.8) is 0 Å². The Hall–Kier alpha value is -3.17. The lowest BCUT2D eigenvalue weighted by molar-refractivity contribution is 0.312. The number of rotatable bonds is 4. The molecule has 2 aromatic heterocycles. The molecule has 1 saturated heterocycles. The van der Waals surface area contributed by atoms with Crippen LogP contribution in [0.4, 0.5) is 11.5 Å². The summed E-state index contributed by atoms with van der Waals surface area (Å²) in [6.07, 6.45) is 3.54. The van der Waals surface area contributed by atoms with Crippen molar-refractivity contribution in [3.8, 4) is 6.07 Å². The maximum Gasteiger partial charge on any atom is 0.128 e. The van der Waals surface area contributed by atoms with Gasteiger partial charge in [0.2, 0.25) is 0 Å². The molecule has 27 heavy (non-hydrogen) atoms. The van der Waals surface area contributed by atoms with E-state index < -0.39 is 0 Å². The van der Waals surface area contributed by atoms with Crippen molar-refractivity contribution in [1.82, 2.24) is 14.9 Å². The van der Waals surface area contributed by atoms with Crippen LogP contribution < -0.4 is 10.2 Å². The van der Waals surface area contributed by atoms with Crippen LogP contribution in [-0.2, 0) is 6.54 Å². The van der Waals surface area contributed by atoms with E-state index in [2.05, 4.69) is 50.3 Å². The molecule has 0 spiro atoms. The summed E-state index contributed by atoms with van der Waals surface area (Å²) in [6.45, 7) is 4.76. The molecule has 1 aromatic carbocycles. The lowest BCUT2D eigenvalue weighted by atomic mass is 10.1. The number of nitriles is 1. The van der Waals surface area contributed by atoms with Crippen molar-refractivity contribution in [2.24, 2.45) is 0 Å². The summed E-state index contributed by atoms with van der Waals surface area (Å²) in [4.78, 5) is 13.6. The molecule has 6 nitrogen and oxygen atoms in total. The Bertz CT molecular complexity index is 968. The van der Waals surface area contributed by atoms with Crippen molar-refractivity contribution in [2.45, 2.75) is 6.54 Å². The zero-order valence-corrected chi connectivity index (χ0v) is 15.4. The van der Waals surface area contributed by atoms with Crippen LogP contribution in [0.2, 0.25) is 0 Å². The molecule has 0 atom stereocenters.